The van der Waals surface area contributed by atoms with Crippen molar-refractivity contribution in [3.8, 4) is 0 Å². The Morgan fingerprint density at radius 2 is 1.84 bits per heavy atom. The largest absolute Gasteiger partial charge is 0.326 e. The van der Waals surface area contributed by atoms with E-state index in [9.17, 15) is 9.59 Å². The van der Waals surface area contributed by atoms with Gasteiger partial charge in [-0.2, -0.15) is 5.10 Å². The van der Waals surface area contributed by atoms with Crippen LogP contribution in [-0.4, -0.2) is 17.5 Å². The fourth-order valence-electron chi connectivity index (χ4n) is 2.06. The van der Waals surface area contributed by atoms with Gasteiger partial charge in [-0.25, -0.2) is 5.43 Å². The number of hydrogen-bond acceptors (Lipinski definition) is 3. The van der Waals surface area contributed by atoms with Gasteiger partial charge in [0.05, 0.1) is 11.3 Å². The first-order valence-corrected chi connectivity index (χ1v) is 6.39. The second-order valence-electron chi connectivity index (χ2n) is 4.55. The summed E-state index contributed by atoms with van der Waals surface area (Å²) >= 11 is 0. The van der Waals surface area contributed by atoms with E-state index < -0.39 is 0 Å². The molecule has 1 aliphatic rings. The molecule has 0 saturated heterocycles. The molecule has 0 aromatic heterocycles. The molecule has 0 heterocycles. The zero-order valence-corrected chi connectivity index (χ0v) is 10.9. The van der Waals surface area contributed by atoms with Crippen molar-refractivity contribution in [3.05, 3.63) is 29.8 Å². The lowest BCUT2D eigenvalue weighted by atomic mass is 10.1. The SMILES string of the molecule is CC(=O)Nc1ccccc1C(=O)NN=C1CCCC1. The van der Waals surface area contributed by atoms with Crippen molar-refractivity contribution in [3.63, 3.8) is 0 Å². The van der Waals surface area contributed by atoms with Crippen LogP contribution in [0.4, 0.5) is 5.69 Å². The van der Waals surface area contributed by atoms with Crippen molar-refractivity contribution in [2.45, 2.75) is 32.6 Å². The molecule has 0 atom stereocenters. The second kappa shape index (κ2) is 6.13. The van der Waals surface area contributed by atoms with Crippen LogP contribution in [0.25, 0.3) is 0 Å². The minimum absolute atomic E-state index is 0.206. The molecule has 1 aliphatic carbocycles. The van der Waals surface area contributed by atoms with Gasteiger partial charge < -0.3 is 5.32 Å². The molecule has 0 aliphatic heterocycles. The van der Waals surface area contributed by atoms with Crippen LogP contribution in [0.15, 0.2) is 29.4 Å². The second-order valence-corrected chi connectivity index (χ2v) is 4.55. The molecule has 0 unspecified atom stereocenters. The lowest BCUT2D eigenvalue weighted by Gasteiger charge is -2.08. The third-order valence-electron chi connectivity index (χ3n) is 2.98. The van der Waals surface area contributed by atoms with Crippen LogP contribution < -0.4 is 10.7 Å². The van der Waals surface area contributed by atoms with Crippen LogP contribution in [0.3, 0.4) is 0 Å². The summed E-state index contributed by atoms with van der Waals surface area (Å²) in [6.45, 7) is 1.41. The molecule has 0 bridgehead atoms. The maximum Gasteiger partial charge on any atom is 0.273 e. The monoisotopic (exact) mass is 259 g/mol. The van der Waals surface area contributed by atoms with E-state index in [0.717, 1.165) is 31.4 Å². The molecule has 2 N–H and O–H groups in total. The quantitative estimate of drug-likeness (QED) is 0.818. The zero-order chi connectivity index (χ0) is 13.7. The van der Waals surface area contributed by atoms with Crippen LogP contribution in [0.5, 0.6) is 0 Å². The molecule has 1 fully saturated rings. The van der Waals surface area contributed by atoms with Gasteiger partial charge in [0.15, 0.2) is 0 Å². The van der Waals surface area contributed by atoms with Gasteiger partial charge in [0.25, 0.3) is 5.91 Å². The van der Waals surface area contributed by atoms with Crippen molar-refractivity contribution in [2.24, 2.45) is 5.10 Å². The van der Waals surface area contributed by atoms with Crippen LogP contribution in [0.1, 0.15) is 43.0 Å². The van der Waals surface area contributed by atoms with Crippen LogP contribution in [0.2, 0.25) is 0 Å². The van der Waals surface area contributed by atoms with Gasteiger partial charge in [-0.15, -0.1) is 0 Å². The van der Waals surface area contributed by atoms with Crippen LogP contribution in [-0.2, 0) is 4.79 Å². The predicted octanol–water partition coefficient (Wildman–Crippen LogP) is 2.30. The number of carbonyl (C=O) groups is 2. The third-order valence-corrected chi connectivity index (χ3v) is 2.98. The summed E-state index contributed by atoms with van der Waals surface area (Å²) < 4.78 is 0. The van der Waals surface area contributed by atoms with E-state index in [1.165, 1.54) is 6.92 Å². The van der Waals surface area contributed by atoms with Gasteiger partial charge in [0, 0.05) is 12.6 Å². The number of amides is 2. The predicted molar refractivity (Wildman–Crippen MR) is 74.1 cm³/mol. The molecule has 1 saturated carbocycles. The Balaban J connectivity index is 2.09. The fourth-order valence-corrected chi connectivity index (χ4v) is 2.06. The number of hydrazone groups is 1. The average Bonchev–Trinajstić information content (AvgIpc) is 2.89. The van der Waals surface area contributed by atoms with Gasteiger partial charge in [0.1, 0.15) is 0 Å². The van der Waals surface area contributed by atoms with Crippen molar-refractivity contribution < 1.29 is 9.59 Å². The van der Waals surface area contributed by atoms with E-state index in [4.69, 9.17) is 0 Å². The number of carbonyl (C=O) groups excluding carboxylic acids is 2. The van der Waals surface area contributed by atoms with Crippen molar-refractivity contribution in [1.29, 1.82) is 0 Å². The Morgan fingerprint density at radius 3 is 2.53 bits per heavy atom. The van der Waals surface area contributed by atoms with Crippen molar-refractivity contribution >= 4 is 23.2 Å². The third kappa shape index (κ3) is 3.64. The maximum atomic E-state index is 12.0. The lowest BCUT2D eigenvalue weighted by Crippen LogP contribution is -2.21. The molecule has 0 radical (unpaired) electrons. The van der Waals surface area contributed by atoms with Gasteiger partial charge in [-0.1, -0.05) is 12.1 Å². The van der Waals surface area contributed by atoms with E-state index in [0.29, 0.717) is 11.3 Å². The van der Waals surface area contributed by atoms with E-state index in [1.54, 1.807) is 24.3 Å². The van der Waals surface area contributed by atoms with Crippen LogP contribution >= 0.6 is 0 Å². The highest BCUT2D eigenvalue weighted by molar-refractivity contribution is 6.03. The molecule has 2 amide bonds. The first-order valence-electron chi connectivity index (χ1n) is 6.39. The highest BCUT2D eigenvalue weighted by Crippen LogP contribution is 2.16. The number of anilines is 1. The Hall–Kier alpha value is -2.17. The molecule has 5 heteroatoms. The Kier molecular flexibility index (Phi) is 4.28. The molecular formula is C14H17N3O2. The van der Waals surface area contributed by atoms with Crippen LogP contribution in [0, 0.1) is 0 Å². The molecule has 2 rings (SSSR count). The fraction of sp³-hybridized carbons (Fsp3) is 0.357. The lowest BCUT2D eigenvalue weighted by molar-refractivity contribution is -0.114. The van der Waals surface area contributed by atoms with E-state index in [2.05, 4.69) is 15.8 Å². The van der Waals surface area contributed by atoms with Gasteiger partial charge in [-0.05, 0) is 37.8 Å². The summed E-state index contributed by atoms with van der Waals surface area (Å²) in [5.41, 5.74) is 4.50. The summed E-state index contributed by atoms with van der Waals surface area (Å²) in [4.78, 5) is 23.1. The number of para-hydroxylation sites is 1. The summed E-state index contributed by atoms with van der Waals surface area (Å²) in [7, 11) is 0. The topological polar surface area (TPSA) is 70.6 Å². The standard InChI is InChI=1S/C14H17N3O2/c1-10(18)15-13-9-5-4-8-12(13)14(19)17-16-11-6-2-3-7-11/h4-5,8-9H,2-3,6-7H2,1H3,(H,15,18)(H,17,19). The summed E-state index contributed by atoms with van der Waals surface area (Å²) in [6.07, 6.45) is 4.18. The first-order chi connectivity index (χ1) is 9.16. The normalized spacial score (nSPS) is 14.1. The molecular weight excluding hydrogens is 242 g/mol. The molecule has 1 aromatic carbocycles. The number of hydrogen-bond donors (Lipinski definition) is 2. The number of nitrogens with one attached hydrogen (secondary N) is 2. The minimum atomic E-state index is -0.302. The van der Waals surface area contributed by atoms with E-state index >= 15 is 0 Å². The number of nitrogens with zero attached hydrogens (tertiary/aromatic N) is 1. The molecule has 100 valence electrons. The summed E-state index contributed by atoms with van der Waals surface area (Å²) in [5, 5.41) is 6.76. The molecule has 0 spiro atoms. The number of rotatable bonds is 3. The summed E-state index contributed by atoms with van der Waals surface area (Å²) in [5.74, 6) is -0.508. The molecule has 1 aromatic rings. The van der Waals surface area contributed by atoms with Gasteiger partial charge in [-0.3, -0.25) is 9.59 Å². The van der Waals surface area contributed by atoms with E-state index in [1.807, 2.05) is 0 Å². The molecule has 19 heavy (non-hydrogen) atoms. The van der Waals surface area contributed by atoms with Gasteiger partial charge in [0.2, 0.25) is 5.91 Å². The summed E-state index contributed by atoms with van der Waals surface area (Å²) in [6, 6.07) is 6.88. The molecule has 5 nitrogen and oxygen atoms in total. The number of benzene rings is 1. The van der Waals surface area contributed by atoms with Gasteiger partial charge >= 0.3 is 0 Å². The van der Waals surface area contributed by atoms with E-state index in [-0.39, 0.29) is 11.8 Å². The first kappa shape index (κ1) is 13.3. The highest BCUT2D eigenvalue weighted by Gasteiger charge is 2.13. The Labute approximate surface area is 112 Å². The van der Waals surface area contributed by atoms with Crippen molar-refractivity contribution in [2.75, 3.05) is 5.32 Å². The smallest absolute Gasteiger partial charge is 0.273 e. The average molecular weight is 259 g/mol. The highest BCUT2D eigenvalue weighted by atomic mass is 16.2. The maximum absolute atomic E-state index is 12.0. The zero-order valence-electron chi connectivity index (χ0n) is 10.9. The van der Waals surface area contributed by atoms with Crippen molar-refractivity contribution in [1.82, 2.24) is 5.43 Å². The minimum Gasteiger partial charge on any atom is -0.326 e. The Morgan fingerprint density at radius 1 is 1.16 bits per heavy atom. The Bertz CT molecular complexity index is 515.